The van der Waals surface area contributed by atoms with Crippen LogP contribution in [0.25, 0.3) is 11.0 Å². The molecule has 4 heteroatoms. The molecule has 0 saturated carbocycles. The van der Waals surface area contributed by atoms with Gasteiger partial charge in [0.05, 0.1) is 16.3 Å². The zero-order chi connectivity index (χ0) is 12.5. The molecule has 0 radical (unpaired) electrons. The highest BCUT2D eigenvalue weighted by atomic mass is 32.2. The molecule has 0 bridgehead atoms. The van der Waals surface area contributed by atoms with Crippen LogP contribution in [0.4, 0.5) is 5.69 Å². The number of nitrogens with zero attached hydrogens (tertiary/aromatic N) is 2. The molecule has 96 valence electrons. The molecule has 2 heterocycles. The maximum atomic E-state index is 5.89. The van der Waals surface area contributed by atoms with E-state index >= 15 is 0 Å². The summed E-state index contributed by atoms with van der Waals surface area (Å²) in [5, 5.41) is 0.562. The van der Waals surface area contributed by atoms with Crippen LogP contribution in [-0.2, 0) is 6.54 Å². The van der Waals surface area contributed by atoms with Crippen LogP contribution in [0.15, 0.2) is 18.2 Å². The van der Waals surface area contributed by atoms with Crippen LogP contribution in [0.3, 0.4) is 0 Å². The van der Waals surface area contributed by atoms with E-state index in [1.54, 1.807) is 0 Å². The van der Waals surface area contributed by atoms with Crippen molar-refractivity contribution in [1.82, 2.24) is 9.55 Å². The zero-order valence-corrected chi connectivity index (χ0v) is 11.5. The number of thioether (sulfide) groups is 1. The highest BCUT2D eigenvalue weighted by molar-refractivity contribution is 7.99. The number of imidazole rings is 1. The minimum absolute atomic E-state index is 0.562. The molecule has 1 aromatic carbocycles. The summed E-state index contributed by atoms with van der Waals surface area (Å²) in [5.41, 5.74) is 8.96. The molecular formula is C14H19N3S. The van der Waals surface area contributed by atoms with E-state index in [4.69, 9.17) is 10.7 Å². The van der Waals surface area contributed by atoms with Gasteiger partial charge in [-0.05, 0) is 43.7 Å². The summed E-state index contributed by atoms with van der Waals surface area (Å²) in [7, 11) is 0. The van der Waals surface area contributed by atoms with E-state index in [1.807, 2.05) is 18.2 Å². The van der Waals surface area contributed by atoms with Gasteiger partial charge < -0.3 is 10.3 Å². The number of hydrogen-bond donors (Lipinski definition) is 1. The molecule has 1 aliphatic rings. The molecule has 0 amide bonds. The molecule has 2 N–H and O–H groups in total. The predicted molar refractivity (Wildman–Crippen MR) is 78.9 cm³/mol. The quantitative estimate of drug-likeness (QED) is 0.840. The van der Waals surface area contributed by atoms with Crippen molar-refractivity contribution in [3.63, 3.8) is 0 Å². The fourth-order valence-corrected chi connectivity index (χ4v) is 4.00. The Morgan fingerprint density at radius 3 is 3.06 bits per heavy atom. The molecule has 1 aliphatic heterocycles. The third-order valence-corrected chi connectivity index (χ3v) is 4.96. The van der Waals surface area contributed by atoms with Crippen molar-refractivity contribution < 1.29 is 0 Å². The fraction of sp³-hybridized carbons (Fsp3) is 0.500. The lowest BCUT2D eigenvalue weighted by Crippen LogP contribution is -2.09. The molecule has 0 spiro atoms. The van der Waals surface area contributed by atoms with Gasteiger partial charge in [-0.3, -0.25) is 0 Å². The SMILES string of the molecule is CCn1c(C2CCCCS2)nc2ccc(N)cc21. The van der Waals surface area contributed by atoms with Crippen LogP contribution in [0.5, 0.6) is 0 Å². The van der Waals surface area contributed by atoms with Crippen LogP contribution in [0.1, 0.15) is 37.3 Å². The van der Waals surface area contributed by atoms with Gasteiger partial charge in [-0.2, -0.15) is 11.8 Å². The molecule has 18 heavy (non-hydrogen) atoms. The van der Waals surface area contributed by atoms with Gasteiger partial charge in [0.25, 0.3) is 0 Å². The summed E-state index contributed by atoms with van der Waals surface area (Å²) < 4.78 is 2.33. The maximum absolute atomic E-state index is 5.89. The van der Waals surface area contributed by atoms with E-state index in [0.717, 1.165) is 17.7 Å². The standard InChI is InChI=1S/C14H19N3S/c1-2-17-12-9-10(15)6-7-11(12)16-14(17)13-5-3-4-8-18-13/h6-7,9,13H,2-5,8,15H2,1H3. The zero-order valence-electron chi connectivity index (χ0n) is 10.7. The lowest BCUT2D eigenvalue weighted by molar-refractivity contribution is 0.625. The average Bonchev–Trinajstić information content (AvgIpc) is 2.77. The van der Waals surface area contributed by atoms with Crippen molar-refractivity contribution in [3.8, 4) is 0 Å². The number of hydrogen-bond acceptors (Lipinski definition) is 3. The van der Waals surface area contributed by atoms with Crippen LogP contribution >= 0.6 is 11.8 Å². The van der Waals surface area contributed by atoms with Gasteiger partial charge in [0.15, 0.2) is 0 Å². The summed E-state index contributed by atoms with van der Waals surface area (Å²) in [6.45, 7) is 3.15. The topological polar surface area (TPSA) is 43.8 Å². The molecule has 2 aromatic rings. The van der Waals surface area contributed by atoms with Gasteiger partial charge in [0.1, 0.15) is 5.82 Å². The van der Waals surface area contributed by atoms with Crippen molar-refractivity contribution in [3.05, 3.63) is 24.0 Å². The van der Waals surface area contributed by atoms with Crippen molar-refractivity contribution in [2.75, 3.05) is 11.5 Å². The number of fused-ring (bicyclic) bond motifs is 1. The monoisotopic (exact) mass is 261 g/mol. The number of anilines is 1. The van der Waals surface area contributed by atoms with E-state index in [9.17, 15) is 0 Å². The van der Waals surface area contributed by atoms with Gasteiger partial charge in [-0.1, -0.05) is 6.42 Å². The summed E-state index contributed by atoms with van der Waals surface area (Å²) in [6, 6.07) is 6.02. The van der Waals surface area contributed by atoms with Crippen LogP contribution in [0.2, 0.25) is 0 Å². The maximum Gasteiger partial charge on any atom is 0.123 e. The molecule has 1 aromatic heterocycles. The highest BCUT2D eigenvalue weighted by Gasteiger charge is 2.22. The van der Waals surface area contributed by atoms with E-state index in [-0.39, 0.29) is 0 Å². The van der Waals surface area contributed by atoms with Crippen LogP contribution < -0.4 is 5.73 Å². The van der Waals surface area contributed by atoms with E-state index in [1.165, 1.54) is 36.4 Å². The van der Waals surface area contributed by atoms with Crippen LogP contribution in [-0.4, -0.2) is 15.3 Å². The fourth-order valence-electron chi connectivity index (χ4n) is 2.68. The van der Waals surface area contributed by atoms with Gasteiger partial charge in [0.2, 0.25) is 0 Å². The smallest absolute Gasteiger partial charge is 0.123 e. The third-order valence-electron chi connectivity index (χ3n) is 3.59. The average molecular weight is 261 g/mol. The first-order chi connectivity index (χ1) is 8.79. The number of rotatable bonds is 2. The van der Waals surface area contributed by atoms with Crippen molar-refractivity contribution in [2.24, 2.45) is 0 Å². The van der Waals surface area contributed by atoms with Gasteiger partial charge in [-0.15, -0.1) is 0 Å². The first-order valence-corrected chi connectivity index (χ1v) is 7.71. The van der Waals surface area contributed by atoms with E-state index in [2.05, 4.69) is 23.3 Å². The second-order valence-corrected chi connectivity index (χ2v) is 6.13. The Labute approximate surface area is 112 Å². The number of nitrogen functional groups attached to an aromatic ring is 1. The molecule has 3 nitrogen and oxygen atoms in total. The second-order valence-electron chi connectivity index (χ2n) is 4.82. The Hall–Kier alpha value is -1.16. The number of nitrogens with two attached hydrogens (primary N) is 1. The Morgan fingerprint density at radius 1 is 1.44 bits per heavy atom. The first kappa shape index (κ1) is 11.9. The molecular weight excluding hydrogens is 242 g/mol. The van der Waals surface area contributed by atoms with Crippen molar-refractivity contribution in [1.29, 1.82) is 0 Å². The molecule has 1 fully saturated rings. The number of aromatic nitrogens is 2. The van der Waals surface area contributed by atoms with Gasteiger partial charge >= 0.3 is 0 Å². The Morgan fingerprint density at radius 2 is 2.33 bits per heavy atom. The van der Waals surface area contributed by atoms with Gasteiger partial charge in [-0.25, -0.2) is 4.98 Å². The Balaban J connectivity index is 2.10. The third kappa shape index (κ3) is 1.99. The lowest BCUT2D eigenvalue weighted by atomic mass is 10.2. The molecule has 3 rings (SSSR count). The van der Waals surface area contributed by atoms with E-state index in [0.29, 0.717) is 5.25 Å². The summed E-state index contributed by atoms with van der Waals surface area (Å²) in [6.07, 6.45) is 3.93. The largest absolute Gasteiger partial charge is 0.399 e. The summed E-state index contributed by atoms with van der Waals surface area (Å²) in [5.74, 6) is 2.50. The van der Waals surface area contributed by atoms with Gasteiger partial charge in [0, 0.05) is 12.2 Å². The number of benzene rings is 1. The number of aryl methyl sites for hydroxylation is 1. The van der Waals surface area contributed by atoms with Crippen molar-refractivity contribution >= 4 is 28.5 Å². The Bertz CT molecular complexity index is 555. The Kier molecular flexibility index (Phi) is 3.20. The first-order valence-electron chi connectivity index (χ1n) is 6.67. The van der Waals surface area contributed by atoms with E-state index < -0.39 is 0 Å². The molecule has 1 unspecified atom stereocenters. The molecule has 1 atom stereocenters. The lowest BCUT2D eigenvalue weighted by Gasteiger charge is -2.21. The van der Waals surface area contributed by atoms with Crippen LogP contribution in [0, 0.1) is 0 Å². The normalized spacial score (nSPS) is 20.4. The minimum atomic E-state index is 0.562. The highest BCUT2D eigenvalue weighted by Crippen LogP contribution is 2.39. The summed E-state index contributed by atoms with van der Waals surface area (Å²) >= 11 is 2.05. The molecule has 1 saturated heterocycles. The van der Waals surface area contributed by atoms with Crippen molar-refractivity contribution in [2.45, 2.75) is 38.0 Å². The predicted octanol–water partition coefficient (Wildman–Crippen LogP) is 3.60. The molecule has 0 aliphatic carbocycles. The minimum Gasteiger partial charge on any atom is -0.399 e. The second kappa shape index (κ2) is 4.84. The summed E-state index contributed by atoms with van der Waals surface area (Å²) in [4.78, 5) is 4.83.